The molecule has 2 aliphatic rings. The second-order valence-corrected chi connectivity index (χ2v) is 10.9. The highest BCUT2D eigenvalue weighted by Crippen LogP contribution is 2.60. The number of carbonyl (C=O) groups excluding carboxylic acids is 1. The third-order valence-corrected chi connectivity index (χ3v) is 9.04. The van der Waals surface area contributed by atoms with Crippen LogP contribution in [0.15, 0.2) is 60.7 Å². The largest absolute Gasteiger partial charge is 0.394 e. The Hall–Kier alpha value is -2.91. The molecule has 2 N–H and O–H groups in total. The van der Waals surface area contributed by atoms with Crippen molar-refractivity contribution in [3.63, 3.8) is 0 Å². The zero-order valence-electron chi connectivity index (χ0n) is 20.3. The van der Waals surface area contributed by atoms with E-state index in [0.717, 1.165) is 23.1 Å². The third kappa shape index (κ3) is 4.32. The van der Waals surface area contributed by atoms with Gasteiger partial charge in [0.15, 0.2) is 0 Å². The average molecular weight is 537 g/mol. The minimum Gasteiger partial charge on any atom is -0.394 e. The number of halogens is 3. The molecule has 5 rings (SSSR count). The first-order chi connectivity index (χ1) is 17.8. The Balaban J connectivity index is 1.60. The van der Waals surface area contributed by atoms with E-state index in [4.69, 9.17) is 23.2 Å². The highest BCUT2D eigenvalue weighted by atomic mass is 35.5. The molecule has 1 amide bonds. The molecule has 0 spiro atoms. The second kappa shape index (κ2) is 10.1. The van der Waals surface area contributed by atoms with Crippen LogP contribution in [-0.4, -0.2) is 23.7 Å². The molecule has 1 saturated heterocycles. The van der Waals surface area contributed by atoms with Crippen LogP contribution in [0, 0.1) is 28.5 Å². The molecular weight excluding hydrogens is 510 g/mol. The van der Waals surface area contributed by atoms with Crippen molar-refractivity contribution in [2.75, 3.05) is 6.61 Å². The van der Waals surface area contributed by atoms with Crippen LogP contribution in [0.4, 0.5) is 4.39 Å². The molecule has 5 atom stereocenters. The molecule has 1 saturated carbocycles. The van der Waals surface area contributed by atoms with Crippen molar-refractivity contribution in [3.05, 3.63) is 93.2 Å². The Kier molecular flexibility index (Phi) is 7.02. The van der Waals surface area contributed by atoms with Crippen molar-refractivity contribution in [2.45, 2.75) is 44.1 Å². The van der Waals surface area contributed by atoms with Gasteiger partial charge in [0.25, 0.3) is 0 Å². The lowest BCUT2D eigenvalue weighted by Crippen LogP contribution is -2.45. The SMILES string of the molecule is CC[C@@]12CC[C@@H](c3ccc(-c4ccc(F)c(C#N)c4)cc3Cl)[C@H](c3ccc(Cl)cc3)[C@@H]1[C@@H](CO)NC2=O. The Morgan fingerprint density at radius 1 is 1.11 bits per heavy atom. The number of benzene rings is 3. The standard InChI is InChI=1S/C30H27Cl2FN2O2/c1-2-30-12-11-23(22-9-5-19(14-24(22)32)18-6-10-25(33)20(13-18)15-34)27(17-3-7-21(31)8-4-17)28(30)26(16-36)35-29(30)37/h3-10,13-14,23,26-28,36H,2,11-12,16H2,1H3,(H,35,37)/t23-,26+,27-,28-,30+/m0/s1. The maximum atomic E-state index is 13.9. The van der Waals surface area contributed by atoms with Gasteiger partial charge in [0.2, 0.25) is 5.91 Å². The van der Waals surface area contributed by atoms with Crippen LogP contribution in [0.5, 0.6) is 0 Å². The zero-order chi connectivity index (χ0) is 26.3. The second-order valence-electron chi connectivity index (χ2n) is 10.1. The number of nitrogens with zero attached hydrogens (tertiary/aromatic N) is 1. The van der Waals surface area contributed by atoms with E-state index in [1.807, 2.05) is 55.5 Å². The Morgan fingerprint density at radius 3 is 2.46 bits per heavy atom. The van der Waals surface area contributed by atoms with E-state index in [2.05, 4.69) is 5.32 Å². The van der Waals surface area contributed by atoms with Crippen molar-refractivity contribution in [1.29, 1.82) is 5.26 Å². The molecule has 3 aromatic rings. The molecule has 190 valence electrons. The number of aliphatic hydroxyl groups excluding tert-OH is 1. The predicted octanol–water partition coefficient (Wildman–Crippen LogP) is 6.84. The number of carbonyl (C=O) groups is 1. The minimum absolute atomic E-state index is 0.0111. The number of fused-ring (bicyclic) bond motifs is 1. The van der Waals surface area contributed by atoms with Crippen LogP contribution >= 0.6 is 23.2 Å². The zero-order valence-corrected chi connectivity index (χ0v) is 21.9. The normalized spacial score (nSPS) is 26.9. The van der Waals surface area contributed by atoms with Crippen LogP contribution in [0.1, 0.15) is 54.7 Å². The molecule has 3 aromatic carbocycles. The van der Waals surface area contributed by atoms with Crippen LogP contribution in [-0.2, 0) is 4.79 Å². The fraction of sp³-hybridized carbons (Fsp3) is 0.333. The summed E-state index contributed by atoms with van der Waals surface area (Å²) in [6.07, 6.45) is 2.15. The number of nitrogens with one attached hydrogen (secondary N) is 1. The van der Waals surface area contributed by atoms with Gasteiger partial charge in [-0.1, -0.05) is 60.5 Å². The van der Waals surface area contributed by atoms with Crippen LogP contribution in [0.25, 0.3) is 11.1 Å². The van der Waals surface area contributed by atoms with Gasteiger partial charge in [-0.25, -0.2) is 4.39 Å². The quantitative estimate of drug-likeness (QED) is 0.375. The monoisotopic (exact) mass is 536 g/mol. The van der Waals surface area contributed by atoms with Crippen LogP contribution in [0.3, 0.4) is 0 Å². The van der Waals surface area contributed by atoms with Crippen molar-refractivity contribution < 1.29 is 14.3 Å². The van der Waals surface area contributed by atoms with Crippen molar-refractivity contribution in [3.8, 4) is 17.2 Å². The fourth-order valence-corrected chi connectivity index (χ4v) is 7.11. The molecule has 4 nitrogen and oxygen atoms in total. The van der Waals surface area contributed by atoms with E-state index in [0.29, 0.717) is 28.5 Å². The summed E-state index contributed by atoms with van der Waals surface area (Å²) in [7, 11) is 0. The van der Waals surface area contributed by atoms with E-state index >= 15 is 0 Å². The Bertz CT molecular complexity index is 1390. The van der Waals surface area contributed by atoms with E-state index in [9.17, 15) is 19.6 Å². The summed E-state index contributed by atoms with van der Waals surface area (Å²) < 4.78 is 13.9. The lowest BCUT2D eigenvalue weighted by molar-refractivity contribution is -0.131. The van der Waals surface area contributed by atoms with E-state index in [-0.39, 0.29) is 41.9 Å². The number of hydrogen-bond donors (Lipinski definition) is 2. The first kappa shape index (κ1) is 25.7. The van der Waals surface area contributed by atoms with Gasteiger partial charge in [-0.15, -0.1) is 0 Å². The smallest absolute Gasteiger partial charge is 0.226 e. The molecule has 0 bridgehead atoms. The Morgan fingerprint density at radius 2 is 1.81 bits per heavy atom. The lowest BCUT2D eigenvalue weighted by Gasteiger charge is -2.48. The van der Waals surface area contributed by atoms with E-state index < -0.39 is 11.2 Å². The molecule has 1 aliphatic carbocycles. The maximum absolute atomic E-state index is 13.9. The lowest BCUT2D eigenvalue weighted by atomic mass is 9.54. The van der Waals surface area contributed by atoms with Crippen LogP contribution in [0.2, 0.25) is 10.0 Å². The van der Waals surface area contributed by atoms with Gasteiger partial charge in [-0.2, -0.15) is 5.26 Å². The summed E-state index contributed by atoms with van der Waals surface area (Å²) in [5.74, 6) is -0.707. The van der Waals surface area contributed by atoms with Gasteiger partial charge in [0, 0.05) is 16.0 Å². The number of aliphatic hydroxyl groups is 1. The molecule has 1 heterocycles. The minimum atomic E-state index is -0.556. The number of rotatable bonds is 5. The molecule has 1 aliphatic heterocycles. The first-order valence-corrected chi connectivity index (χ1v) is 13.2. The van der Waals surface area contributed by atoms with Gasteiger partial charge in [0.1, 0.15) is 11.9 Å². The highest BCUT2D eigenvalue weighted by Gasteiger charge is 2.60. The summed E-state index contributed by atoms with van der Waals surface area (Å²) in [6.45, 7) is 1.92. The molecule has 2 fully saturated rings. The van der Waals surface area contributed by atoms with Gasteiger partial charge >= 0.3 is 0 Å². The molecule has 0 aromatic heterocycles. The van der Waals surface area contributed by atoms with Crippen molar-refractivity contribution in [2.24, 2.45) is 11.3 Å². The van der Waals surface area contributed by atoms with E-state index in [1.165, 1.54) is 12.1 Å². The molecule has 37 heavy (non-hydrogen) atoms. The summed E-state index contributed by atoms with van der Waals surface area (Å²) >= 11 is 13.1. The summed E-state index contributed by atoms with van der Waals surface area (Å²) in [5, 5.41) is 23.8. The summed E-state index contributed by atoms with van der Waals surface area (Å²) in [5.41, 5.74) is 2.95. The van der Waals surface area contributed by atoms with Crippen molar-refractivity contribution >= 4 is 29.1 Å². The maximum Gasteiger partial charge on any atom is 0.226 e. The summed E-state index contributed by atoms with van der Waals surface area (Å²) in [4.78, 5) is 13.2. The van der Waals surface area contributed by atoms with E-state index in [1.54, 1.807) is 6.07 Å². The van der Waals surface area contributed by atoms with Crippen LogP contribution < -0.4 is 5.32 Å². The molecule has 7 heteroatoms. The number of hydrogen-bond acceptors (Lipinski definition) is 3. The van der Waals surface area contributed by atoms with Gasteiger partial charge < -0.3 is 10.4 Å². The van der Waals surface area contributed by atoms with Gasteiger partial charge in [-0.05, 0) is 83.7 Å². The fourth-order valence-electron chi connectivity index (χ4n) is 6.66. The molecular formula is C30H27Cl2FN2O2. The summed E-state index contributed by atoms with van der Waals surface area (Å²) in [6, 6.07) is 19.5. The predicted molar refractivity (Wildman–Crippen MR) is 143 cm³/mol. The van der Waals surface area contributed by atoms with Crippen molar-refractivity contribution in [1.82, 2.24) is 5.32 Å². The molecule has 0 unspecified atom stereocenters. The average Bonchev–Trinajstić information content (AvgIpc) is 3.21. The van der Waals surface area contributed by atoms with Gasteiger partial charge in [-0.3, -0.25) is 4.79 Å². The number of nitriles is 1. The highest BCUT2D eigenvalue weighted by molar-refractivity contribution is 6.31. The topological polar surface area (TPSA) is 73.1 Å². The van der Waals surface area contributed by atoms with Gasteiger partial charge in [0.05, 0.1) is 23.6 Å². The Labute approximate surface area is 226 Å². The molecule has 0 radical (unpaired) electrons. The third-order valence-electron chi connectivity index (χ3n) is 8.46. The number of amides is 1. The first-order valence-electron chi connectivity index (χ1n) is 12.5.